The summed E-state index contributed by atoms with van der Waals surface area (Å²) in [6.45, 7) is 0. The van der Waals surface area contributed by atoms with Gasteiger partial charge < -0.3 is 5.73 Å². The Kier molecular flexibility index (Phi) is 4.91. The Balaban J connectivity index is 1.66. The van der Waals surface area contributed by atoms with E-state index in [-0.39, 0.29) is 11.4 Å². The molecule has 0 bridgehead atoms. The number of fused-ring (bicyclic) bond motifs is 1. The second kappa shape index (κ2) is 7.80. The van der Waals surface area contributed by atoms with Crippen LogP contribution in [0.2, 0.25) is 0 Å². The van der Waals surface area contributed by atoms with Crippen LogP contribution in [0.25, 0.3) is 22.4 Å². The molecular weight excluding hydrogens is 440 g/mol. The highest BCUT2D eigenvalue weighted by Gasteiger charge is 2.30. The molecule has 0 fully saturated rings. The van der Waals surface area contributed by atoms with Crippen LogP contribution in [0.4, 0.5) is 23.2 Å². The third kappa shape index (κ3) is 4.06. The quantitative estimate of drug-likeness (QED) is 0.474. The average Bonchev–Trinajstić information content (AvgIpc) is 3.41. The molecule has 4 heterocycles. The molecule has 168 valence electrons. The summed E-state index contributed by atoms with van der Waals surface area (Å²) < 4.78 is 55.6. The van der Waals surface area contributed by atoms with E-state index in [2.05, 4.69) is 25.4 Å². The number of halogens is 4. The smallest absolute Gasteiger partial charge is 0.394 e. The zero-order chi connectivity index (χ0) is 23.2. The summed E-state index contributed by atoms with van der Waals surface area (Å²) in [5.41, 5.74) is 7.56. The van der Waals surface area contributed by atoms with Crippen molar-refractivity contribution in [2.75, 3.05) is 5.73 Å². The molecule has 3 aromatic heterocycles. The first-order valence-corrected chi connectivity index (χ1v) is 9.92. The third-order valence-corrected chi connectivity index (χ3v) is 5.22. The van der Waals surface area contributed by atoms with Gasteiger partial charge in [-0.3, -0.25) is 4.98 Å². The van der Waals surface area contributed by atoms with E-state index in [9.17, 15) is 17.6 Å². The Bertz CT molecular complexity index is 1350. The summed E-state index contributed by atoms with van der Waals surface area (Å²) in [6.07, 6.45) is -0.201. The average molecular weight is 456 g/mol. The van der Waals surface area contributed by atoms with Crippen LogP contribution in [0, 0.1) is 5.82 Å². The van der Waals surface area contributed by atoms with Crippen LogP contribution in [0.1, 0.15) is 17.9 Å². The van der Waals surface area contributed by atoms with E-state index < -0.39 is 18.4 Å². The van der Waals surface area contributed by atoms with Gasteiger partial charge in [-0.25, -0.2) is 13.7 Å². The molecule has 0 amide bonds. The van der Waals surface area contributed by atoms with E-state index >= 15 is 0 Å². The number of aryl methyl sites for hydroxylation is 1. The van der Waals surface area contributed by atoms with Gasteiger partial charge in [0.15, 0.2) is 11.7 Å². The highest BCUT2D eigenvalue weighted by Crippen LogP contribution is 2.37. The molecule has 0 atom stereocenters. The highest BCUT2D eigenvalue weighted by molar-refractivity contribution is 5.91. The van der Waals surface area contributed by atoms with Gasteiger partial charge in [0.05, 0.1) is 17.8 Å². The van der Waals surface area contributed by atoms with Crippen molar-refractivity contribution in [3.8, 4) is 22.4 Å². The van der Waals surface area contributed by atoms with Crippen LogP contribution in [0.3, 0.4) is 0 Å². The maximum Gasteiger partial charge on any atom is 0.394 e. The zero-order valence-corrected chi connectivity index (χ0v) is 17.0. The fraction of sp³-hybridized carbons (Fsp3) is 0.190. The summed E-state index contributed by atoms with van der Waals surface area (Å²) in [5.74, 6) is 0.868. The molecule has 0 radical (unpaired) electrons. The lowest BCUT2D eigenvalue weighted by Gasteiger charge is -2.12. The molecule has 1 aromatic carbocycles. The molecule has 0 saturated heterocycles. The predicted molar refractivity (Wildman–Crippen MR) is 112 cm³/mol. The normalized spacial score (nSPS) is 13.6. The number of rotatable bonds is 3. The van der Waals surface area contributed by atoms with Crippen molar-refractivity contribution in [3.05, 3.63) is 66.4 Å². The van der Waals surface area contributed by atoms with Crippen molar-refractivity contribution in [1.29, 1.82) is 0 Å². The minimum absolute atomic E-state index is 0.0931. The molecule has 2 N–H and O–H groups in total. The van der Waals surface area contributed by atoms with Crippen LogP contribution in [-0.2, 0) is 12.8 Å². The second-order valence-electron chi connectivity index (χ2n) is 7.46. The summed E-state index contributed by atoms with van der Waals surface area (Å²) >= 11 is 0. The molecule has 1 aliphatic rings. The van der Waals surface area contributed by atoms with Gasteiger partial charge in [0.1, 0.15) is 17.8 Å². The van der Waals surface area contributed by atoms with E-state index in [1.54, 1.807) is 27.7 Å². The lowest BCUT2D eigenvalue weighted by atomic mass is 9.99. The van der Waals surface area contributed by atoms with Gasteiger partial charge in [0.25, 0.3) is 0 Å². The number of nitrogens with zero attached hydrogens (tertiary/aromatic N) is 7. The maximum atomic E-state index is 13.5. The van der Waals surface area contributed by atoms with E-state index in [4.69, 9.17) is 5.73 Å². The molecule has 0 unspecified atom stereocenters. The summed E-state index contributed by atoms with van der Waals surface area (Å²) in [6, 6.07) is 7.18. The maximum absolute atomic E-state index is 13.5. The van der Waals surface area contributed by atoms with Crippen LogP contribution in [0.5, 0.6) is 0 Å². The molecule has 12 heteroatoms. The van der Waals surface area contributed by atoms with Gasteiger partial charge in [-0.05, 0) is 30.3 Å². The van der Waals surface area contributed by atoms with Gasteiger partial charge in [-0.2, -0.15) is 23.4 Å². The number of aromatic nitrogens is 6. The third-order valence-electron chi connectivity index (χ3n) is 5.22. The van der Waals surface area contributed by atoms with E-state index in [1.165, 1.54) is 30.7 Å². The fourth-order valence-corrected chi connectivity index (χ4v) is 3.67. The number of anilines is 1. The van der Waals surface area contributed by atoms with Crippen molar-refractivity contribution in [3.63, 3.8) is 0 Å². The molecule has 5 rings (SSSR count). The van der Waals surface area contributed by atoms with Crippen LogP contribution >= 0.6 is 0 Å². The monoisotopic (exact) mass is 456 g/mol. The van der Waals surface area contributed by atoms with Crippen molar-refractivity contribution >= 4 is 11.5 Å². The van der Waals surface area contributed by atoms with E-state index in [1.807, 2.05) is 0 Å². The fourth-order valence-electron chi connectivity index (χ4n) is 3.67. The van der Waals surface area contributed by atoms with Crippen LogP contribution < -0.4 is 5.73 Å². The predicted octanol–water partition coefficient (Wildman–Crippen LogP) is 3.69. The highest BCUT2D eigenvalue weighted by atomic mass is 19.4. The molecule has 4 aromatic rings. The molecule has 8 nitrogen and oxygen atoms in total. The number of hydrogen-bond acceptors (Lipinski definition) is 6. The van der Waals surface area contributed by atoms with E-state index in [0.29, 0.717) is 46.9 Å². The molecule has 0 spiro atoms. The van der Waals surface area contributed by atoms with E-state index in [0.717, 1.165) is 0 Å². The first-order valence-electron chi connectivity index (χ1n) is 9.92. The van der Waals surface area contributed by atoms with Gasteiger partial charge in [-0.15, -0.1) is 10.2 Å². The van der Waals surface area contributed by atoms with Gasteiger partial charge >= 0.3 is 6.18 Å². The Morgan fingerprint density at radius 3 is 2.58 bits per heavy atom. The Morgan fingerprint density at radius 2 is 1.82 bits per heavy atom. The van der Waals surface area contributed by atoms with Crippen LogP contribution in [0.15, 0.2) is 54.2 Å². The first kappa shape index (κ1) is 20.8. The van der Waals surface area contributed by atoms with Crippen molar-refractivity contribution in [1.82, 2.24) is 29.6 Å². The Labute approximate surface area is 184 Å². The van der Waals surface area contributed by atoms with Crippen LogP contribution in [-0.4, -0.2) is 41.6 Å². The summed E-state index contributed by atoms with van der Waals surface area (Å²) in [4.78, 5) is 3.82. The van der Waals surface area contributed by atoms with Gasteiger partial charge in [-0.1, -0.05) is 0 Å². The summed E-state index contributed by atoms with van der Waals surface area (Å²) in [5, 5.41) is 16.9. The zero-order valence-electron chi connectivity index (χ0n) is 17.0. The second-order valence-corrected chi connectivity index (χ2v) is 7.46. The Hall–Kier alpha value is -4.09. The van der Waals surface area contributed by atoms with Crippen molar-refractivity contribution in [2.45, 2.75) is 25.4 Å². The largest absolute Gasteiger partial charge is 0.397 e. The van der Waals surface area contributed by atoms with Gasteiger partial charge in [0.2, 0.25) is 0 Å². The lowest BCUT2D eigenvalue weighted by molar-refractivity contribution is -0.127. The molecule has 1 aliphatic heterocycles. The number of nitrogen functional groups attached to an aromatic ring is 1. The number of nitrogens with two attached hydrogens (primary N) is 1. The standard InChI is InChI=1S/C21H16F4N8/c22-13-3-1-12(2-4-13)20-15(14-7-8-27-16(19(14)26)9-21(23,24)25)10-32(31-20)18-6-5-17-29-28-11-33(17)30-18/h1-4,7-8,10-11H,5-6,9,26H2. The van der Waals surface area contributed by atoms with Crippen molar-refractivity contribution in [2.24, 2.45) is 5.10 Å². The number of pyridine rings is 1. The molecule has 0 aliphatic carbocycles. The molecule has 0 saturated carbocycles. The van der Waals surface area contributed by atoms with Gasteiger partial charge in [0, 0.05) is 41.9 Å². The minimum atomic E-state index is -4.46. The first-order chi connectivity index (χ1) is 15.8. The lowest BCUT2D eigenvalue weighted by Crippen LogP contribution is -2.20. The Morgan fingerprint density at radius 1 is 1.03 bits per heavy atom. The SMILES string of the molecule is Nc1c(-c2cn(C3=Nn4cnnc4CC3)nc2-c2ccc(F)cc2)ccnc1CC(F)(F)F. The number of benzene rings is 1. The summed E-state index contributed by atoms with van der Waals surface area (Å²) in [7, 11) is 0. The number of alkyl halides is 3. The minimum Gasteiger partial charge on any atom is -0.397 e. The number of hydrogen-bond donors (Lipinski definition) is 1. The van der Waals surface area contributed by atoms with Crippen molar-refractivity contribution < 1.29 is 17.6 Å². The topological polar surface area (TPSA) is 99.8 Å². The molecular formula is C21H16F4N8. The molecule has 33 heavy (non-hydrogen) atoms.